The number of hydrogen-bond acceptors (Lipinski definition) is 3. The third-order valence-corrected chi connectivity index (χ3v) is 6.93. The van der Waals surface area contributed by atoms with Gasteiger partial charge in [-0.25, -0.2) is 0 Å². The lowest BCUT2D eigenvalue weighted by atomic mass is 9.83. The first-order chi connectivity index (χ1) is 13.3. The van der Waals surface area contributed by atoms with E-state index in [0.717, 1.165) is 55.5 Å². The third-order valence-electron chi connectivity index (χ3n) is 6.20. The number of aromatic nitrogens is 1. The Bertz CT molecular complexity index is 932. The highest BCUT2D eigenvalue weighted by Gasteiger charge is 2.38. The molecule has 4 nitrogen and oxygen atoms in total. The summed E-state index contributed by atoms with van der Waals surface area (Å²) in [5.41, 5.74) is 3.27. The lowest BCUT2D eigenvalue weighted by Crippen LogP contribution is -2.55. The second-order valence-electron chi connectivity index (χ2n) is 7.90. The van der Waals surface area contributed by atoms with Gasteiger partial charge in [0.15, 0.2) is 0 Å². The number of piperidine rings is 2. The number of aromatic amines is 1. The first-order valence-electron chi connectivity index (χ1n) is 9.89. The topological polar surface area (TPSA) is 39.3 Å². The summed E-state index contributed by atoms with van der Waals surface area (Å²) in [5, 5.41) is 5.56. The van der Waals surface area contributed by atoms with Crippen LogP contribution in [-0.2, 0) is 6.54 Å². The molecule has 2 aliphatic heterocycles. The van der Waals surface area contributed by atoms with E-state index in [1.807, 2.05) is 30.5 Å². The Morgan fingerprint density at radius 3 is 3.04 bits per heavy atom. The van der Waals surface area contributed by atoms with Crippen molar-refractivity contribution in [3.63, 3.8) is 0 Å². The lowest BCUT2D eigenvalue weighted by Gasteiger charge is -2.47. The SMILES string of the molecule is O=C(c1ccc2cc[nH]c2c1)N1CCC[C@@H]2CN(Cc3ccsc3)CC[C@H]21. The number of thiophene rings is 1. The van der Waals surface area contributed by atoms with Crippen LogP contribution in [0, 0.1) is 5.92 Å². The quantitative estimate of drug-likeness (QED) is 0.735. The molecule has 2 fully saturated rings. The Labute approximate surface area is 163 Å². The van der Waals surface area contributed by atoms with Crippen LogP contribution >= 0.6 is 11.3 Å². The lowest BCUT2D eigenvalue weighted by molar-refractivity contribution is 0.0184. The molecule has 2 atom stereocenters. The molecular weight excluding hydrogens is 354 g/mol. The number of hydrogen-bond donors (Lipinski definition) is 1. The molecule has 0 aliphatic carbocycles. The maximum atomic E-state index is 13.3. The molecule has 2 aromatic heterocycles. The van der Waals surface area contributed by atoms with Gasteiger partial charge in [0.05, 0.1) is 0 Å². The van der Waals surface area contributed by atoms with Crippen LogP contribution in [0.1, 0.15) is 35.2 Å². The minimum Gasteiger partial charge on any atom is -0.361 e. The zero-order valence-corrected chi connectivity index (χ0v) is 16.3. The third kappa shape index (κ3) is 3.30. The number of carbonyl (C=O) groups excluding carboxylic acids is 1. The Morgan fingerprint density at radius 1 is 1.19 bits per heavy atom. The number of H-pyrrole nitrogens is 1. The van der Waals surface area contributed by atoms with Crippen molar-refractivity contribution in [2.45, 2.75) is 31.8 Å². The fraction of sp³-hybridized carbons (Fsp3) is 0.409. The number of nitrogens with one attached hydrogen (secondary N) is 1. The van der Waals surface area contributed by atoms with Crippen LogP contribution < -0.4 is 0 Å². The molecule has 0 bridgehead atoms. The second-order valence-corrected chi connectivity index (χ2v) is 8.68. The van der Waals surface area contributed by atoms with E-state index in [4.69, 9.17) is 0 Å². The summed E-state index contributed by atoms with van der Waals surface area (Å²) in [4.78, 5) is 21.2. The molecule has 2 aliphatic rings. The van der Waals surface area contributed by atoms with E-state index >= 15 is 0 Å². The van der Waals surface area contributed by atoms with Gasteiger partial charge < -0.3 is 9.88 Å². The Hall–Kier alpha value is -2.11. The van der Waals surface area contributed by atoms with Gasteiger partial charge in [-0.05, 0) is 71.2 Å². The van der Waals surface area contributed by atoms with Gasteiger partial charge in [0.1, 0.15) is 0 Å². The van der Waals surface area contributed by atoms with E-state index in [9.17, 15) is 4.79 Å². The van der Waals surface area contributed by atoms with Gasteiger partial charge >= 0.3 is 0 Å². The summed E-state index contributed by atoms with van der Waals surface area (Å²) in [7, 11) is 0. The summed E-state index contributed by atoms with van der Waals surface area (Å²) in [6.45, 7) is 4.13. The molecule has 2 saturated heterocycles. The smallest absolute Gasteiger partial charge is 0.254 e. The molecule has 5 heteroatoms. The maximum absolute atomic E-state index is 13.3. The van der Waals surface area contributed by atoms with Gasteiger partial charge in [-0.1, -0.05) is 6.07 Å². The van der Waals surface area contributed by atoms with Crippen LogP contribution in [0.5, 0.6) is 0 Å². The van der Waals surface area contributed by atoms with Gasteiger partial charge in [-0.3, -0.25) is 9.69 Å². The van der Waals surface area contributed by atoms with Crippen LogP contribution in [0.3, 0.4) is 0 Å². The Balaban J connectivity index is 1.31. The molecule has 0 spiro atoms. The Morgan fingerprint density at radius 2 is 2.15 bits per heavy atom. The molecule has 1 N–H and O–H groups in total. The second kappa shape index (κ2) is 7.13. The number of fused-ring (bicyclic) bond motifs is 2. The van der Waals surface area contributed by atoms with Crippen molar-refractivity contribution in [1.82, 2.24) is 14.8 Å². The summed E-state index contributed by atoms with van der Waals surface area (Å²) in [6, 6.07) is 10.7. The van der Waals surface area contributed by atoms with E-state index < -0.39 is 0 Å². The van der Waals surface area contributed by atoms with Gasteiger partial charge in [0, 0.05) is 49.5 Å². The summed E-state index contributed by atoms with van der Waals surface area (Å²) >= 11 is 1.77. The highest BCUT2D eigenvalue weighted by atomic mass is 32.1. The minimum atomic E-state index is 0.201. The van der Waals surface area contributed by atoms with Crippen molar-refractivity contribution in [2.24, 2.45) is 5.92 Å². The van der Waals surface area contributed by atoms with Crippen LogP contribution in [0.25, 0.3) is 10.9 Å². The largest absolute Gasteiger partial charge is 0.361 e. The van der Waals surface area contributed by atoms with Crippen molar-refractivity contribution in [1.29, 1.82) is 0 Å². The molecule has 3 aromatic rings. The highest BCUT2D eigenvalue weighted by Crippen LogP contribution is 2.32. The van der Waals surface area contributed by atoms with E-state index in [1.165, 1.54) is 12.0 Å². The van der Waals surface area contributed by atoms with Gasteiger partial charge in [-0.2, -0.15) is 11.3 Å². The average Bonchev–Trinajstić information content (AvgIpc) is 3.37. The Kier molecular flexibility index (Phi) is 4.50. The summed E-state index contributed by atoms with van der Waals surface area (Å²) in [6.07, 6.45) is 5.37. The first-order valence-corrected chi connectivity index (χ1v) is 10.8. The number of rotatable bonds is 3. The van der Waals surface area contributed by atoms with Crippen LogP contribution in [0.2, 0.25) is 0 Å². The van der Waals surface area contributed by atoms with Crippen LogP contribution in [0.15, 0.2) is 47.3 Å². The first kappa shape index (κ1) is 17.0. The molecule has 5 rings (SSSR count). The van der Waals surface area contributed by atoms with Crippen molar-refractivity contribution < 1.29 is 4.79 Å². The molecule has 1 amide bonds. The maximum Gasteiger partial charge on any atom is 0.254 e. The molecule has 0 unspecified atom stereocenters. The summed E-state index contributed by atoms with van der Waals surface area (Å²) in [5.74, 6) is 0.803. The van der Waals surface area contributed by atoms with Crippen LogP contribution in [0.4, 0.5) is 0 Å². The molecule has 140 valence electrons. The molecule has 4 heterocycles. The number of benzene rings is 1. The number of likely N-dealkylation sites (tertiary alicyclic amines) is 2. The molecule has 27 heavy (non-hydrogen) atoms. The van der Waals surface area contributed by atoms with E-state index in [2.05, 4.69) is 31.6 Å². The van der Waals surface area contributed by atoms with Crippen molar-refractivity contribution >= 4 is 28.1 Å². The number of carbonyl (C=O) groups is 1. The predicted molar refractivity (Wildman–Crippen MR) is 110 cm³/mol. The highest BCUT2D eigenvalue weighted by molar-refractivity contribution is 7.07. The van der Waals surface area contributed by atoms with Crippen LogP contribution in [-0.4, -0.2) is 46.4 Å². The average molecular weight is 380 g/mol. The standard InChI is InChI=1S/C22H25N3OS/c26-22(18-4-3-17-5-8-23-20(17)12-18)25-9-1-2-19-14-24(10-6-21(19)25)13-16-7-11-27-15-16/h3-5,7-8,11-12,15,19,21,23H,1-2,6,9-10,13-14H2/t19-,21-/m1/s1. The molecular formula is C22H25N3OS. The molecule has 1 aromatic carbocycles. The van der Waals surface area contributed by atoms with E-state index in [1.54, 1.807) is 11.3 Å². The predicted octanol–water partition coefficient (Wildman–Crippen LogP) is 4.36. The van der Waals surface area contributed by atoms with Gasteiger partial charge in [-0.15, -0.1) is 0 Å². The van der Waals surface area contributed by atoms with Crippen molar-refractivity contribution in [3.05, 3.63) is 58.4 Å². The van der Waals surface area contributed by atoms with Crippen molar-refractivity contribution in [3.8, 4) is 0 Å². The summed E-state index contributed by atoms with van der Waals surface area (Å²) < 4.78 is 0. The van der Waals surface area contributed by atoms with Gasteiger partial charge in [0.2, 0.25) is 0 Å². The van der Waals surface area contributed by atoms with E-state index in [0.29, 0.717) is 12.0 Å². The monoisotopic (exact) mass is 379 g/mol. The fourth-order valence-corrected chi connectivity index (χ4v) is 5.52. The van der Waals surface area contributed by atoms with Crippen molar-refractivity contribution in [2.75, 3.05) is 19.6 Å². The zero-order chi connectivity index (χ0) is 18.2. The molecule has 0 radical (unpaired) electrons. The number of nitrogens with zero attached hydrogens (tertiary/aromatic N) is 2. The fourth-order valence-electron chi connectivity index (χ4n) is 4.86. The minimum absolute atomic E-state index is 0.201. The van der Waals surface area contributed by atoms with E-state index in [-0.39, 0.29) is 5.91 Å². The normalized spacial score (nSPS) is 23.5. The number of amides is 1. The molecule has 0 saturated carbocycles. The van der Waals surface area contributed by atoms with Gasteiger partial charge in [0.25, 0.3) is 5.91 Å². The zero-order valence-electron chi connectivity index (χ0n) is 15.4.